The van der Waals surface area contributed by atoms with Crippen molar-refractivity contribution in [2.75, 3.05) is 6.61 Å². The molecular weight excluding hydrogens is 362 g/mol. The van der Waals surface area contributed by atoms with E-state index in [9.17, 15) is 4.79 Å². The monoisotopic (exact) mass is 397 g/mol. The number of pyridine rings is 1. The van der Waals surface area contributed by atoms with Crippen LogP contribution in [0.4, 0.5) is 0 Å². The molecule has 0 spiro atoms. The molecule has 2 aromatic rings. The molecule has 0 bridgehead atoms. The number of benzene rings is 1. The fourth-order valence-corrected chi connectivity index (χ4v) is 3.11. The van der Waals surface area contributed by atoms with Crippen molar-refractivity contribution in [2.45, 2.75) is 72.1 Å². The Morgan fingerprint density at radius 2 is 1.62 bits per heavy atom. The normalized spacial score (nSPS) is 11.8. The van der Waals surface area contributed by atoms with Crippen LogP contribution in [0.2, 0.25) is 0 Å². The zero-order valence-electron chi connectivity index (χ0n) is 18.2. The van der Waals surface area contributed by atoms with Crippen molar-refractivity contribution >= 4 is 5.97 Å². The van der Waals surface area contributed by atoms with Crippen LogP contribution in [0.5, 0.6) is 11.5 Å². The Labute approximate surface area is 175 Å². The van der Waals surface area contributed by atoms with E-state index in [1.165, 1.54) is 38.5 Å². The van der Waals surface area contributed by atoms with Gasteiger partial charge in [0.15, 0.2) is 0 Å². The zero-order chi connectivity index (χ0) is 20.9. The number of rotatable bonds is 13. The van der Waals surface area contributed by atoms with Gasteiger partial charge in [0.1, 0.15) is 11.5 Å². The Hall–Kier alpha value is -2.36. The Bertz CT molecular complexity index is 744. The van der Waals surface area contributed by atoms with Gasteiger partial charge in [-0.3, -0.25) is 9.78 Å². The average molecular weight is 398 g/mol. The lowest BCUT2D eigenvalue weighted by atomic mass is 10.0. The number of carbonyl (C=O) groups excluding carboxylic acids is 1. The first-order valence-corrected chi connectivity index (χ1v) is 11.0. The molecule has 0 radical (unpaired) electrons. The molecule has 4 nitrogen and oxygen atoms in total. The van der Waals surface area contributed by atoms with Crippen LogP contribution in [0.3, 0.4) is 0 Å². The Kier molecular flexibility index (Phi) is 10.3. The molecule has 0 fully saturated rings. The maximum Gasteiger partial charge on any atom is 0.314 e. The van der Waals surface area contributed by atoms with Crippen molar-refractivity contribution in [3.05, 3.63) is 42.7 Å². The minimum atomic E-state index is -0.209. The molecule has 0 aliphatic carbocycles. The van der Waals surface area contributed by atoms with Crippen molar-refractivity contribution in [1.29, 1.82) is 0 Å². The van der Waals surface area contributed by atoms with E-state index in [0.29, 0.717) is 12.4 Å². The van der Waals surface area contributed by atoms with Gasteiger partial charge in [-0.05, 0) is 25.0 Å². The molecule has 158 valence electrons. The summed E-state index contributed by atoms with van der Waals surface area (Å²) in [7, 11) is 0. The molecule has 1 atom stereocenters. The van der Waals surface area contributed by atoms with Crippen LogP contribution in [0, 0.1) is 5.92 Å². The molecule has 29 heavy (non-hydrogen) atoms. The summed E-state index contributed by atoms with van der Waals surface area (Å²) in [4.78, 5) is 16.5. The number of nitrogens with zero attached hydrogens (tertiary/aromatic N) is 1. The average Bonchev–Trinajstić information content (AvgIpc) is 2.75. The summed E-state index contributed by atoms with van der Waals surface area (Å²) in [5.74, 6) is 0.948. The zero-order valence-corrected chi connectivity index (χ0v) is 18.2. The molecule has 0 saturated heterocycles. The first-order valence-electron chi connectivity index (χ1n) is 11.0. The molecule has 1 aromatic carbocycles. The molecule has 0 aliphatic heterocycles. The van der Waals surface area contributed by atoms with Gasteiger partial charge in [0.05, 0.1) is 18.7 Å². The highest BCUT2D eigenvalue weighted by molar-refractivity contribution is 5.81. The van der Waals surface area contributed by atoms with Gasteiger partial charge in [0.2, 0.25) is 0 Å². The second kappa shape index (κ2) is 13.0. The summed E-state index contributed by atoms with van der Waals surface area (Å²) in [5.41, 5.74) is 1.75. The SMILES string of the molecule is CCCCCCCCCOc1cnccc1-c1ccccc1OC(=O)C(C)CC. The molecule has 0 N–H and O–H groups in total. The molecule has 1 heterocycles. The van der Waals surface area contributed by atoms with Gasteiger partial charge in [-0.2, -0.15) is 0 Å². The lowest BCUT2D eigenvalue weighted by molar-refractivity contribution is -0.138. The molecule has 0 aliphatic rings. The van der Waals surface area contributed by atoms with Gasteiger partial charge in [-0.1, -0.05) is 77.5 Å². The van der Waals surface area contributed by atoms with Crippen molar-refractivity contribution < 1.29 is 14.3 Å². The van der Waals surface area contributed by atoms with Crippen molar-refractivity contribution in [1.82, 2.24) is 4.98 Å². The Morgan fingerprint density at radius 1 is 0.931 bits per heavy atom. The number of aromatic nitrogens is 1. The highest BCUT2D eigenvalue weighted by Gasteiger charge is 2.17. The van der Waals surface area contributed by atoms with Crippen LogP contribution in [0.15, 0.2) is 42.7 Å². The van der Waals surface area contributed by atoms with E-state index in [4.69, 9.17) is 9.47 Å². The molecule has 1 unspecified atom stereocenters. The lowest BCUT2D eigenvalue weighted by Gasteiger charge is -2.15. The van der Waals surface area contributed by atoms with E-state index in [0.717, 1.165) is 29.7 Å². The predicted octanol–water partition coefficient (Wildman–Crippen LogP) is 6.83. The number of hydrogen-bond acceptors (Lipinski definition) is 4. The third kappa shape index (κ3) is 7.52. The largest absolute Gasteiger partial charge is 0.491 e. The number of unbranched alkanes of at least 4 members (excludes halogenated alkanes) is 6. The number of ether oxygens (including phenoxy) is 2. The van der Waals surface area contributed by atoms with E-state index in [-0.39, 0.29) is 11.9 Å². The van der Waals surface area contributed by atoms with Crippen LogP contribution in [-0.4, -0.2) is 17.6 Å². The van der Waals surface area contributed by atoms with Crippen molar-refractivity contribution in [3.8, 4) is 22.6 Å². The van der Waals surface area contributed by atoms with Gasteiger partial charge in [0.25, 0.3) is 0 Å². The summed E-state index contributed by atoms with van der Waals surface area (Å²) >= 11 is 0. The lowest BCUT2D eigenvalue weighted by Crippen LogP contribution is -2.17. The van der Waals surface area contributed by atoms with Gasteiger partial charge in [-0.25, -0.2) is 0 Å². The molecule has 2 rings (SSSR count). The molecule has 0 saturated carbocycles. The summed E-state index contributed by atoms with van der Waals surface area (Å²) < 4.78 is 11.7. The maximum atomic E-state index is 12.3. The first-order chi connectivity index (χ1) is 14.2. The van der Waals surface area contributed by atoms with E-state index in [1.54, 1.807) is 12.4 Å². The summed E-state index contributed by atoms with van der Waals surface area (Å²) in [5, 5.41) is 0. The Morgan fingerprint density at radius 3 is 2.38 bits per heavy atom. The number of esters is 1. The smallest absolute Gasteiger partial charge is 0.314 e. The van der Waals surface area contributed by atoms with Gasteiger partial charge >= 0.3 is 5.97 Å². The van der Waals surface area contributed by atoms with Crippen molar-refractivity contribution in [3.63, 3.8) is 0 Å². The topological polar surface area (TPSA) is 48.4 Å². The highest BCUT2D eigenvalue weighted by Crippen LogP contribution is 2.36. The van der Waals surface area contributed by atoms with Crippen molar-refractivity contribution in [2.24, 2.45) is 5.92 Å². The third-order valence-electron chi connectivity index (χ3n) is 5.19. The van der Waals surface area contributed by atoms with Gasteiger partial charge in [-0.15, -0.1) is 0 Å². The van der Waals surface area contributed by atoms with Crippen LogP contribution < -0.4 is 9.47 Å². The van der Waals surface area contributed by atoms with Crippen LogP contribution in [0.1, 0.15) is 72.1 Å². The van der Waals surface area contributed by atoms with E-state index < -0.39 is 0 Å². The second-order valence-corrected chi connectivity index (χ2v) is 7.57. The molecular formula is C25H35NO3. The third-order valence-corrected chi connectivity index (χ3v) is 5.19. The van der Waals surface area contributed by atoms with E-state index >= 15 is 0 Å². The summed E-state index contributed by atoms with van der Waals surface area (Å²) in [6.07, 6.45) is 13.0. The highest BCUT2D eigenvalue weighted by atomic mass is 16.5. The first kappa shape index (κ1) is 22.9. The minimum Gasteiger partial charge on any atom is -0.491 e. The standard InChI is InChI=1S/C25H35NO3/c1-4-6-7-8-9-10-13-18-28-24-19-26-17-16-22(24)21-14-11-12-15-23(21)29-25(27)20(3)5-2/h11-12,14-17,19-20H,4-10,13,18H2,1-3H3. The number of carbonyl (C=O) groups is 1. The molecule has 4 heteroatoms. The minimum absolute atomic E-state index is 0.131. The fourth-order valence-electron chi connectivity index (χ4n) is 3.11. The number of para-hydroxylation sites is 1. The predicted molar refractivity (Wildman–Crippen MR) is 118 cm³/mol. The van der Waals surface area contributed by atoms with Crippen LogP contribution in [-0.2, 0) is 4.79 Å². The second-order valence-electron chi connectivity index (χ2n) is 7.57. The summed E-state index contributed by atoms with van der Waals surface area (Å²) in [6.45, 7) is 6.77. The molecule has 1 aromatic heterocycles. The maximum absolute atomic E-state index is 12.3. The summed E-state index contributed by atoms with van der Waals surface area (Å²) in [6, 6.07) is 9.51. The van der Waals surface area contributed by atoms with Gasteiger partial charge < -0.3 is 9.47 Å². The van der Waals surface area contributed by atoms with Crippen LogP contribution >= 0.6 is 0 Å². The Balaban J connectivity index is 2.00. The van der Waals surface area contributed by atoms with Gasteiger partial charge in [0, 0.05) is 17.3 Å². The fraction of sp³-hybridized carbons (Fsp3) is 0.520. The number of hydrogen-bond donors (Lipinski definition) is 0. The van der Waals surface area contributed by atoms with Crippen LogP contribution in [0.25, 0.3) is 11.1 Å². The van der Waals surface area contributed by atoms with E-state index in [1.807, 2.05) is 44.2 Å². The quantitative estimate of drug-likeness (QED) is 0.211. The molecule has 0 amide bonds. The van der Waals surface area contributed by atoms with E-state index in [2.05, 4.69) is 11.9 Å².